The van der Waals surface area contributed by atoms with Gasteiger partial charge in [-0.15, -0.1) is 0 Å². The second-order valence-corrected chi connectivity index (χ2v) is 22.2. The molecule has 1 spiro atoms. The van der Waals surface area contributed by atoms with Gasteiger partial charge >= 0.3 is 0 Å². The van der Waals surface area contributed by atoms with Crippen molar-refractivity contribution in [1.29, 1.82) is 0 Å². The van der Waals surface area contributed by atoms with Gasteiger partial charge < -0.3 is 15.3 Å². The Balaban J connectivity index is 0.882. The van der Waals surface area contributed by atoms with Gasteiger partial charge in [-0.2, -0.15) is 0 Å². The van der Waals surface area contributed by atoms with Crippen molar-refractivity contribution >= 4 is 21.5 Å². The zero-order valence-electron chi connectivity index (χ0n) is 34.7. The second kappa shape index (κ2) is 13.5. The van der Waals surface area contributed by atoms with Crippen LogP contribution in [0.4, 0.5) is 0 Å². The number of piperidine rings is 2. The first-order valence-corrected chi connectivity index (χ1v) is 23.1. The highest BCUT2D eigenvalue weighted by atomic mass is 16.3. The van der Waals surface area contributed by atoms with Crippen LogP contribution >= 0.6 is 0 Å². The molecule has 55 heavy (non-hydrogen) atoms. The molecular formula is C51H71NO3. The van der Waals surface area contributed by atoms with Gasteiger partial charge in [0.25, 0.3) is 0 Å². The molecule has 3 N–H and O–H groups in total. The molecular weight excluding hydrogens is 675 g/mol. The molecule has 3 aromatic rings. The average Bonchev–Trinajstić information content (AvgIpc) is 3.73. The highest BCUT2D eigenvalue weighted by Crippen LogP contribution is 2.71. The lowest BCUT2D eigenvalue weighted by molar-refractivity contribution is -0.180. The first kappa shape index (κ1) is 37.3. The molecule has 0 unspecified atom stereocenters. The van der Waals surface area contributed by atoms with Crippen LogP contribution in [0.5, 0.6) is 0 Å². The van der Waals surface area contributed by atoms with E-state index >= 15 is 0 Å². The second-order valence-electron chi connectivity index (χ2n) is 22.2. The number of fused-ring (bicyclic) bond motifs is 10. The minimum Gasteiger partial charge on any atom is -0.393 e. The molecule has 0 aromatic heterocycles. The molecule has 7 aliphatic rings. The molecule has 298 valence electrons. The number of aliphatic hydroxyl groups is 3. The fourth-order valence-corrected chi connectivity index (χ4v) is 16.3. The summed E-state index contributed by atoms with van der Waals surface area (Å²) >= 11 is 0. The topological polar surface area (TPSA) is 63.9 Å². The summed E-state index contributed by atoms with van der Waals surface area (Å²) < 4.78 is 0. The van der Waals surface area contributed by atoms with Crippen LogP contribution in [0.1, 0.15) is 123 Å². The van der Waals surface area contributed by atoms with E-state index in [2.05, 4.69) is 88.0 Å². The molecule has 10 rings (SSSR count). The van der Waals surface area contributed by atoms with E-state index in [1.807, 2.05) is 0 Å². The van der Waals surface area contributed by atoms with Crippen LogP contribution < -0.4 is 0 Å². The summed E-state index contributed by atoms with van der Waals surface area (Å²) in [5.41, 5.74) is 2.53. The molecule has 0 amide bonds. The number of nitrogens with zero attached hydrogens (tertiary/aromatic N) is 1. The summed E-state index contributed by atoms with van der Waals surface area (Å²) in [5.74, 6) is 5.77. The lowest BCUT2D eigenvalue weighted by Crippen LogP contribution is -2.67. The average molecular weight is 746 g/mol. The molecule has 7 fully saturated rings. The van der Waals surface area contributed by atoms with Gasteiger partial charge in [0.2, 0.25) is 0 Å². The molecule has 0 radical (unpaired) electrons. The SMILES string of the molecule is CC(C)Cc1cc2cc3ccccc3cc2cc1CC[C@H]1CC[C@@]2(C1)C[C@]1(C)[C@@H]3C[C@H]4[C@H](CC[C@@H]5[C@H]4CN4C[C@H](C)CC[C@@H]4[C@@]5(C)O)[C@@H]3C[C@H](O)[C@@H]1C[C@H]2O. The van der Waals surface area contributed by atoms with Gasteiger partial charge in [-0.1, -0.05) is 64.1 Å². The molecule has 5 aliphatic carbocycles. The molecule has 0 bridgehead atoms. The summed E-state index contributed by atoms with van der Waals surface area (Å²) in [5, 5.41) is 41.7. The van der Waals surface area contributed by atoms with Gasteiger partial charge in [0, 0.05) is 19.1 Å². The molecule has 3 aromatic carbocycles. The summed E-state index contributed by atoms with van der Waals surface area (Å²) in [6.07, 6.45) is 15.3. The van der Waals surface area contributed by atoms with Gasteiger partial charge in [0.15, 0.2) is 0 Å². The van der Waals surface area contributed by atoms with Crippen molar-refractivity contribution in [2.24, 2.45) is 70.0 Å². The Morgan fingerprint density at radius 2 is 1.49 bits per heavy atom. The number of hydrogen-bond acceptors (Lipinski definition) is 4. The minimum absolute atomic E-state index is 0.0114. The Hall–Kier alpha value is -1.98. The Morgan fingerprint density at radius 3 is 2.24 bits per heavy atom. The maximum absolute atomic E-state index is 12.2. The van der Waals surface area contributed by atoms with Gasteiger partial charge in [-0.25, -0.2) is 0 Å². The summed E-state index contributed by atoms with van der Waals surface area (Å²) in [6.45, 7) is 14.2. The quantitative estimate of drug-likeness (QED) is 0.228. The van der Waals surface area contributed by atoms with E-state index in [9.17, 15) is 15.3 Å². The number of benzene rings is 3. The molecule has 15 atom stereocenters. The molecule has 2 heterocycles. The third-order valence-corrected chi connectivity index (χ3v) is 18.6. The Morgan fingerprint density at radius 1 is 0.745 bits per heavy atom. The summed E-state index contributed by atoms with van der Waals surface area (Å²) in [7, 11) is 0. The van der Waals surface area contributed by atoms with Gasteiger partial charge in [0.1, 0.15) is 0 Å². The number of aliphatic hydroxyl groups excluding tert-OH is 2. The normalized spacial score (nSPS) is 45.4. The Labute approximate surface area is 331 Å². The monoisotopic (exact) mass is 746 g/mol. The van der Waals surface area contributed by atoms with Crippen LogP contribution in [0.2, 0.25) is 0 Å². The third-order valence-electron chi connectivity index (χ3n) is 18.6. The molecule has 4 heteroatoms. The number of rotatable bonds is 5. The van der Waals surface area contributed by atoms with Crippen molar-refractivity contribution in [2.75, 3.05) is 13.1 Å². The lowest BCUT2D eigenvalue weighted by atomic mass is 9.46. The van der Waals surface area contributed by atoms with Crippen molar-refractivity contribution in [1.82, 2.24) is 4.90 Å². The van der Waals surface area contributed by atoms with E-state index in [-0.39, 0.29) is 29.0 Å². The van der Waals surface area contributed by atoms with Crippen molar-refractivity contribution in [2.45, 2.75) is 148 Å². The molecule has 4 nitrogen and oxygen atoms in total. The molecule has 2 saturated heterocycles. The van der Waals surface area contributed by atoms with E-state index in [1.54, 1.807) is 0 Å². The fraction of sp³-hybridized carbons (Fsp3) is 0.725. The van der Waals surface area contributed by atoms with Gasteiger partial charge in [-0.3, -0.25) is 4.90 Å². The predicted octanol–water partition coefficient (Wildman–Crippen LogP) is 10.2. The highest BCUT2D eigenvalue weighted by molar-refractivity contribution is 5.98. The van der Waals surface area contributed by atoms with Crippen molar-refractivity contribution in [3.05, 3.63) is 59.7 Å². The van der Waals surface area contributed by atoms with Crippen molar-refractivity contribution in [3.8, 4) is 0 Å². The van der Waals surface area contributed by atoms with Crippen LogP contribution in [0.15, 0.2) is 48.5 Å². The van der Waals surface area contributed by atoms with Gasteiger partial charge in [-0.05, 0) is 212 Å². The van der Waals surface area contributed by atoms with Crippen LogP contribution in [0.25, 0.3) is 21.5 Å². The zero-order valence-corrected chi connectivity index (χ0v) is 34.7. The van der Waals surface area contributed by atoms with Crippen LogP contribution in [0, 0.1) is 70.0 Å². The largest absolute Gasteiger partial charge is 0.393 e. The number of hydrogen-bond donors (Lipinski definition) is 3. The molecule has 2 aliphatic heterocycles. The van der Waals surface area contributed by atoms with Crippen LogP contribution in [0.3, 0.4) is 0 Å². The maximum atomic E-state index is 12.2. The van der Waals surface area contributed by atoms with E-state index in [0.717, 1.165) is 70.3 Å². The van der Waals surface area contributed by atoms with Crippen molar-refractivity contribution in [3.63, 3.8) is 0 Å². The smallest absolute Gasteiger partial charge is 0.0805 e. The first-order valence-electron chi connectivity index (χ1n) is 23.1. The van der Waals surface area contributed by atoms with Crippen LogP contribution in [-0.4, -0.2) is 57.2 Å². The Bertz CT molecular complexity index is 1920. The van der Waals surface area contributed by atoms with E-state index in [4.69, 9.17) is 0 Å². The maximum Gasteiger partial charge on any atom is 0.0805 e. The fourth-order valence-electron chi connectivity index (χ4n) is 16.3. The standard InChI is InChI=1S/C51H71NO3/c1-30(2)18-36-22-38-20-34-9-7-6-8-33(34)19-37(38)21-35(36)12-11-32-16-17-51(26-32)29-49(4)44-23-40-39(41(44)24-46(53)45(49)25-48(51)54)13-14-43-42(40)28-52-27-31(3)10-15-47(52)50(43,5)55/h6-9,19-22,30-32,39-48,53-55H,10-18,23-29H2,1-5H3/t31-,32+,39+,40+,41+,42+,43-,44-,45+,46+,47-,48-,49-,50+,51-/m1/s1. The highest BCUT2D eigenvalue weighted by Gasteiger charge is 2.67. The van der Waals surface area contributed by atoms with E-state index in [0.29, 0.717) is 53.4 Å². The third kappa shape index (κ3) is 6.02. The molecule has 5 saturated carbocycles. The van der Waals surface area contributed by atoms with Crippen LogP contribution in [-0.2, 0) is 12.8 Å². The summed E-state index contributed by atoms with van der Waals surface area (Å²) in [4.78, 5) is 2.72. The Kier molecular flexibility index (Phi) is 9.18. The lowest BCUT2D eigenvalue weighted by Gasteiger charge is -2.60. The summed E-state index contributed by atoms with van der Waals surface area (Å²) in [6, 6.07) is 18.9. The zero-order chi connectivity index (χ0) is 38.0. The van der Waals surface area contributed by atoms with E-state index in [1.165, 1.54) is 71.3 Å². The first-order chi connectivity index (χ1) is 26.3. The van der Waals surface area contributed by atoms with E-state index < -0.39 is 5.60 Å². The minimum atomic E-state index is -0.595. The number of aryl methyl sites for hydroxylation is 1. The van der Waals surface area contributed by atoms with Gasteiger partial charge in [0.05, 0.1) is 17.8 Å². The van der Waals surface area contributed by atoms with Crippen molar-refractivity contribution < 1.29 is 15.3 Å². The predicted molar refractivity (Wildman–Crippen MR) is 225 cm³/mol.